The fourth-order valence-electron chi connectivity index (χ4n) is 2.92. The Kier molecular flexibility index (Phi) is 4.67. The van der Waals surface area contributed by atoms with Crippen LogP contribution in [-0.2, 0) is 22.2 Å². The first-order valence-corrected chi connectivity index (χ1v) is 8.98. The molecule has 2 aromatic rings. The molecule has 13 heteroatoms. The Labute approximate surface area is 153 Å². The number of alkyl halides is 6. The summed E-state index contributed by atoms with van der Waals surface area (Å²) in [5.74, 6) is 0. The summed E-state index contributed by atoms with van der Waals surface area (Å²) in [6.07, 6.45) is -13.0. The Hall–Kier alpha value is -2.25. The Bertz CT molecular complexity index is 990. The van der Waals surface area contributed by atoms with Gasteiger partial charge in [-0.05, 0) is 23.8 Å². The SMILES string of the molecule is O=S1(=O)c2cncnc2C(O)C1C(O)c1cc(C(F)(F)F)cc(C(F)(F)F)c1. The smallest absolute Gasteiger partial charge is 0.387 e. The fourth-order valence-corrected chi connectivity index (χ4v) is 4.85. The number of nitrogens with zero attached hydrogens (tertiary/aromatic N) is 2. The number of hydrogen-bond acceptors (Lipinski definition) is 6. The van der Waals surface area contributed by atoms with E-state index >= 15 is 0 Å². The molecule has 1 aromatic carbocycles. The number of halogens is 6. The second kappa shape index (κ2) is 6.39. The third-order valence-corrected chi connectivity index (χ3v) is 6.39. The minimum Gasteiger partial charge on any atom is -0.387 e. The average molecular weight is 428 g/mol. The second-order valence-electron chi connectivity index (χ2n) is 6.01. The van der Waals surface area contributed by atoms with E-state index < -0.39 is 66.9 Å². The van der Waals surface area contributed by atoms with Gasteiger partial charge in [0, 0.05) is 6.20 Å². The van der Waals surface area contributed by atoms with Crippen LogP contribution in [0, 0.1) is 0 Å². The number of aliphatic hydroxyl groups excluding tert-OH is 2. The Balaban J connectivity index is 2.14. The van der Waals surface area contributed by atoms with Gasteiger partial charge in [-0.25, -0.2) is 18.4 Å². The second-order valence-corrected chi connectivity index (χ2v) is 8.08. The van der Waals surface area contributed by atoms with E-state index in [2.05, 4.69) is 9.97 Å². The first kappa shape index (κ1) is 20.5. The number of hydrogen-bond donors (Lipinski definition) is 2. The predicted octanol–water partition coefficient (Wildman–Crippen LogP) is 2.44. The lowest BCUT2D eigenvalue weighted by atomic mass is 9.96. The minimum atomic E-state index is -5.18. The normalized spacial score (nSPS) is 22.7. The van der Waals surface area contributed by atoms with Crippen LogP contribution in [0.4, 0.5) is 26.3 Å². The summed E-state index contributed by atoms with van der Waals surface area (Å²) in [6, 6.07) is 0.254. The van der Waals surface area contributed by atoms with Crippen LogP contribution in [0.25, 0.3) is 0 Å². The van der Waals surface area contributed by atoms with Crippen molar-refractivity contribution in [1.29, 1.82) is 0 Å². The highest BCUT2D eigenvalue weighted by Crippen LogP contribution is 2.45. The van der Waals surface area contributed by atoms with Crippen molar-refractivity contribution in [3.05, 3.63) is 53.1 Å². The van der Waals surface area contributed by atoms with Gasteiger partial charge in [0.1, 0.15) is 22.6 Å². The van der Waals surface area contributed by atoms with Gasteiger partial charge in [0.25, 0.3) is 0 Å². The van der Waals surface area contributed by atoms with Crippen molar-refractivity contribution in [3.8, 4) is 0 Å². The van der Waals surface area contributed by atoms with E-state index in [1.807, 2.05) is 0 Å². The van der Waals surface area contributed by atoms with Gasteiger partial charge in [0.2, 0.25) is 0 Å². The molecule has 0 radical (unpaired) electrons. The zero-order valence-electron chi connectivity index (χ0n) is 13.4. The van der Waals surface area contributed by atoms with Gasteiger partial charge < -0.3 is 10.2 Å². The zero-order chi connectivity index (χ0) is 21.1. The van der Waals surface area contributed by atoms with E-state index in [0.29, 0.717) is 0 Å². The van der Waals surface area contributed by atoms with Crippen molar-refractivity contribution < 1.29 is 45.0 Å². The number of benzene rings is 1. The van der Waals surface area contributed by atoms with Gasteiger partial charge in [-0.1, -0.05) is 0 Å². The van der Waals surface area contributed by atoms with Crippen molar-refractivity contribution in [2.75, 3.05) is 0 Å². The summed E-state index contributed by atoms with van der Waals surface area (Å²) < 4.78 is 103. The van der Waals surface area contributed by atoms with E-state index in [0.717, 1.165) is 12.5 Å². The van der Waals surface area contributed by atoms with Gasteiger partial charge in [0.15, 0.2) is 9.84 Å². The van der Waals surface area contributed by atoms with E-state index in [1.54, 1.807) is 0 Å². The van der Waals surface area contributed by atoms with Crippen LogP contribution in [0.15, 0.2) is 35.6 Å². The summed E-state index contributed by atoms with van der Waals surface area (Å²) in [5.41, 5.74) is -4.81. The lowest BCUT2D eigenvalue weighted by Gasteiger charge is -2.23. The van der Waals surface area contributed by atoms with Crippen molar-refractivity contribution >= 4 is 9.84 Å². The van der Waals surface area contributed by atoms with Crippen LogP contribution in [-0.4, -0.2) is 33.8 Å². The highest BCUT2D eigenvalue weighted by atomic mass is 32.2. The molecule has 2 N–H and O–H groups in total. The van der Waals surface area contributed by atoms with Gasteiger partial charge in [-0.2, -0.15) is 26.3 Å². The highest BCUT2D eigenvalue weighted by Gasteiger charge is 2.50. The van der Waals surface area contributed by atoms with Crippen molar-refractivity contribution in [1.82, 2.24) is 9.97 Å². The molecule has 1 aliphatic heterocycles. The molecule has 3 rings (SSSR count). The molecule has 1 aliphatic rings. The largest absolute Gasteiger partial charge is 0.416 e. The zero-order valence-corrected chi connectivity index (χ0v) is 14.2. The third kappa shape index (κ3) is 3.33. The Morgan fingerprint density at radius 1 is 1.00 bits per heavy atom. The molecule has 0 aliphatic carbocycles. The van der Waals surface area contributed by atoms with Gasteiger partial charge in [0.05, 0.1) is 22.9 Å². The van der Waals surface area contributed by atoms with E-state index in [4.69, 9.17) is 0 Å². The molecule has 0 saturated carbocycles. The molecule has 28 heavy (non-hydrogen) atoms. The van der Waals surface area contributed by atoms with Crippen LogP contribution in [0.5, 0.6) is 0 Å². The number of sulfone groups is 1. The molecule has 0 amide bonds. The van der Waals surface area contributed by atoms with E-state index in [1.165, 1.54) is 0 Å². The topological polar surface area (TPSA) is 100 Å². The van der Waals surface area contributed by atoms with E-state index in [-0.39, 0.29) is 18.2 Å². The monoisotopic (exact) mass is 428 g/mol. The highest BCUT2D eigenvalue weighted by molar-refractivity contribution is 7.92. The van der Waals surface area contributed by atoms with Crippen LogP contribution in [0.3, 0.4) is 0 Å². The molecule has 3 atom stereocenters. The van der Waals surface area contributed by atoms with Crippen molar-refractivity contribution in [2.24, 2.45) is 0 Å². The lowest BCUT2D eigenvalue weighted by Crippen LogP contribution is -2.29. The van der Waals surface area contributed by atoms with Crippen molar-refractivity contribution in [3.63, 3.8) is 0 Å². The van der Waals surface area contributed by atoms with Crippen LogP contribution in [0.2, 0.25) is 0 Å². The summed E-state index contributed by atoms with van der Waals surface area (Å²) in [5, 5.41) is 18.4. The standard InChI is InChI=1S/C15H10F6N2O4S/c16-14(17,18)7-1-6(2-8(3-7)15(19,20)21)11(24)13-12(25)10-9(28(13,26)27)4-22-5-23-10/h1-5,11-13,24-25H. The molecule has 0 spiro atoms. The van der Waals surface area contributed by atoms with Crippen LogP contribution < -0.4 is 0 Å². The first-order chi connectivity index (χ1) is 12.7. The summed E-state index contributed by atoms with van der Waals surface area (Å²) in [6.45, 7) is 0. The summed E-state index contributed by atoms with van der Waals surface area (Å²) in [4.78, 5) is 6.47. The molecule has 0 fully saturated rings. The minimum absolute atomic E-state index is 0.157. The maximum atomic E-state index is 13.0. The summed E-state index contributed by atoms with van der Waals surface area (Å²) >= 11 is 0. The van der Waals surface area contributed by atoms with Crippen LogP contribution in [0.1, 0.15) is 34.6 Å². The molecule has 152 valence electrons. The van der Waals surface area contributed by atoms with E-state index in [9.17, 15) is 45.0 Å². The quantitative estimate of drug-likeness (QED) is 0.713. The molecule has 0 bridgehead atoms. The number of aromatic nitrogens is 2. The third-order valence-electron chi connectivity index (χ3n) is 4.23. The fraction of sp³-hybridized carbons (Fsp3) is 0.333. The molecule has 1 aromatic heterocycles. The van der Waals surface area contributed by atoms with Crippen LogP contribution >= 0.6 is 0 Å². The Morgan fingerprint density at radius 3 is 2.00 bits per heavy atom. The first-order valence-electron chi connectivity index (χ1n) is 7.44. The number of fused-ring (bicyclic) bond motifs is 1. The average Bonchev–Trinajstić information content (AvgIpc) is 2.79. The van der Waals surface area contributed by atoms with Gasteiger partial charge in [-0.3, -0.25) is 0 Å². The maximum Gasteiger partial charge on any atom is 0.416 e. The van der Waals surface area contributed by atoms with Gasteiger partial charge in [-0.15, -0.1) is 0 Å². The molecular formula is C15H10F6N2O4S. The number of aliphatic hydroxyl groups is 2. The maximum absolute atomic E-state index is 13.0. The van der Waals surface area contributed by atoms with Gasteiger partial charge >= 0.3 is 12.4 Å². The molecule has 6 nitrogen and oxygen atoms in total. The summed E-state index contributed by atoms with van der Waals surface area (Å²) in [7, 11) is -4.53. The molecule has 2 heterocycles. The van der Waals surface area contributed by atoms with Crippen molar-refractivity contribution in [2.45, 2.75) is 34.7 Å². The Morgan fingerprint density at radius 2 is 1.54 bits per heavy atom. The molecule has 3 unspecified atom stereocenters. The lowest BCUT2D eigenvalue weighted by molar-refractivity contribution is -0.143. The molecular weight excluding hydrogens is 418 g/mol. The predicted molar refractivity (Wildman–Crippen MR) is 79.4 cm³/mol. The number of rotatable bonds is 2. The molecule has 0 saturated heterocycles.